The van der Waals surface area contributed by atoms with Crippen LogP contribution in [0.1, 0.15) is 15.9 Å². The van der Waals surface area contributed by atoms with Gasteiger partial charge in [0.25, 0.3) is 0 Å². The van der Waals surface area contributed by atoms with Crippen LogP contribution < -0.4 is 10.5 Å². The first kappa shape index (κ1) is 14.8. The van der Waals surface area contributed by atoms with Crippen molar-refractivity contribution < 1.29 is 24.1 Å². The molecule has 0 saturated heterocycles. The summed E-state index contributed by atoms with van der Waals surface area (Å²) in [6.07, 6.45) is 0.518. The molecule has 110 valence electrons. The summed E-state index contributed by atoms with van der Waals surface area (Å²) in [5.41, 5.74) is 5.49. The van der Waals surface area contributed by atoms with Crippen LogP contribution in [0.4, 0.5) is 10.1 Å². The van der Waals surface area contributed by atoms with E-state index in [9.17, 15) is 9.18 Å². The van der Waals surface area contributed by atoms with Gasteiger partial charge < -0.3 is 20.7 Å². The van der Waals surface area contributed by atoms with Crippen molar-refractivity contribution in [2.24, 2.45) is 0 Å². The number of nitrogens with two attached hydrogens (primary N) is 1. The average Bonchev–Trinajstić information content (AvgIpc) is 2.45. The zero-order valence-electron chi connectivity index (χ0n) is 11.0. The van der Waals surface area contributed by atoms with Crippen molar-refractivity contribution in [2.75, 3.05) is 12.3 Å². The molecule has 0 fully saturated rings. The van der Waals surface area contributed by atoms with Crippen LogP contribution in [0.3, 0.4) is 0 Å². The van der Waals surface area contributed by atoms with Gasteiger partial charge in [-0.15, -0.1) is 0 Å². The van der Waals surface area contributed by atoms with Crippen LogP contribution in [-0.4, -0.2) is 22.8 Å². The van der Waals surface area contributed by atoms with E-state index < -0.39 is 23.0 Å². The second kappa shape index (κ2) is 6.23. The van der Waals surface area contributed by atoms with Gasteiger partial charge in [-0.25, -0.2) is 9.18 Å². The largest absolute Gasteiger partial charge is 0.477 e. The number of nitrogen functional groups attached to an aromatic ring is 1. The molecular formula is C15H14FNO4. The number of hydrogen-bond donors (Lipinski definition) is 3. The first-order valence-corrected chi connectivity index (χ1v) is 6.22. The van der Waals surface area contributed by atoms with Crippen molar-refractivity contribution in [3.05, 3.63) is 53.3 Å². The summed E-state index contributed by atoms with van der Waals surface area (Å²) in [5.74, 6) is -1.81. The third kappa shape index (κ3) is 3.29. The molecule has 0 atom stereocenters. The molecule has 0 heterocycles. The van der Waals surface area contributed by atoms with Crippen molar-refractivity contribution in [1.82, 2.24) is 0 Å². The Kier molecular flexibility index (Phi) is 4.39. The van der Waals surface area contributed by atoms with E-state index >= 15 is 0 Å². The Labute approximate surface area is 120 Å². The fourth-order valence-corrected chi connectivity index (χ4v) is 1.86. The van der Waals surface area contributed by atoms with Gasteiger partial charge >= 0.3 is 5.97 Å². The van der Waals surface area contributed by atoms with E-state index in [0.29, 0.717) is 12.2 Å². The highest BCUT2D eigenvalue weighted by atomic mass is 19.1. The molecule has 0 aliphatic rings. The maximum atomic E-state index is 13.3. The van der Waals surface area contributed by atoms with E-state index in [1.165, 1.54) is 6.07 Å². The van der Waals surface area contributed by atoms with Gasteiger partial charge in [0.1, 0.15) is 22.9 Å². The Balaban J connectivity index is 2.31. The van der Waals surface area contributed by atoms with Crippen molar-refractivity contribution in [2.45, 2.75) is 6.42 Å². The maximum Gasteiger partial charge on any atom is 0.341 e. The Morgan fingerprint density at radius 1 is 1.19 bits per heavy atom. The lowest BCUT2D eigenvalue weighted by molar-refractivity contribution is 0.0695. The summed E-state index contributed by atoms with van der Waals surface area (Å²) in [5, 5.41) is 17.9. The van der Waals surface area contributed by atoms with Crippen LogP contribution in [0.15, 0.2) is 36.4 Å². The molecule has 2 aromatic rings. The smallest absolute Gasteiger partial charge is 0.341 e. The summed E-state index contributed by atoms with van der Waals surface area (Å²) in [6, 6.07) is 9.04. The van der Waals surface area contributed by atoms with Gasteiger partial charge in [0.2, 0.25) is 0 Å². The number of aromatic carboxylic acids is 1. The van der Waals surface area contributed by atoms with Gasteiger partial charge in [-0.05, 0) is 36.2 Å². The van der Waals surface area contributed by atoms with Crippen molar-refractivity contribution in [3.63, 3.8) is 0 Å². The predicted molar refractivity (Wildman–Crippen MR) is 75.1 cm³/mol. The molecule has 0 spiro atoms. The molecular weight excluding hydrogens is 277 g/mol. The molecule has 6 heteroatoms. The third-order valence-electron chi connectivity index (χ3n) is 2.92. The minimum absolute atomic E-state index is 0.0312. The number of carbonyl (C=O) groups is 1. The van der Waals surface area contributed by atoms with Crippen LogP contribution >= 0.6 is 0 Å². The second-order valence-corrected chi connectivity index (χ2v) is 4.36. The lowest BCUT2D eigenvalue weighted by atomic mass is 10.1. The van der Waals surface area contributed by atoms with Crippen molar-refractivity contribution in [3.8, 4) is 11.5 Å². The number of benzene rings is 2. The highest BCUT2D eigenvalue weighted by molar-refractivity contribution is 5.97. The SMILES string of the molecule is Nc1c(F)ccc(Oc2ccc(CCO)cc2)c1C(=O)O. The summed E-state index contributed by atoms with van der Waals surface area (Å²) < 4.78 is 18.8. The van der Waals surface area contributed by atoms with E-state index in [1.54, 1.807) is 24.3 Å². The zero-order valence-corrected chi connectivity index (χ0v) is 11.0. The topological polar surface area (TPSA) is 92.8 Å². The Hall–Kier alpha value is -2.60. The highest BCUT2D eigenvalue weighted by Crippen LogP contribution is 2.31. The predicted octanol–water partition coefficient (Wildman–Crippen LogP) is 2.43. The number of carboxylic acid groups (broad SMARTS) is 1. The lowest BCUT2D eigenvalue weighted by Gasteiger charge is -2.11. The first-order valence-electron chi connectivity index (χ1n) is 6.22. The van der Waals surface area contributed by atoms with Gasteiger partial charge in [-0.3, -0.25) is 0 Å². The minimum Gasteiger partial charge on any atom is -0.477 e. The van der Waals surface area contributed by atoms with Gasteiger partial charge in [0.05, 0.1) is 5.69 Å². The van der Waals surface area contributed by atoms with Gasteiger partial charge in [0.15, 0.2) is 0 Å². The number of rotatable bonds is 5. The zero-order chi connectivity index (χ0) is 15.4. The maximum absolute atomic E-state index is 13.3. The summed E-state index contributed by atoms with van der Waals surface area (Å²) >= 11 is 0. The lowest BCUT2D eigenvalue weighted by Crippen LogP contribution is -2.07. The Morgan fingerprint density at radius 3 is 2.43 bits per heavy atom. The number of anilines is 1. The van der Waals surface area contributed by atoms with E-state index in [-0.39, 0.29) is 12.4 Å². The monoisotopic (exact) mass is 291 g/mol. The molecule has 21 heavy (non-hydrogen) atoms. The van der Waals surface area contributed by atoms with Gasteiger partial charge in [-0.2, -0.15) is 0 Å². The van der Waals surface area contributed by atoms with Crippen molar-refractivity contribution >= 4 is 11.7 Å². The summed E-state index contributed by atoms with van der Waals surface area (Å²) in [4.78, 5) is 11.2. The first-order chi connectivity index (χ1) is 10.0. The van der Waals surface area contributed by atoms with E-state index in [4.69, 9.17) is 20.7 Å². The molecule has 0 radical (unpaired) electrons. The molecule has 2 aromatic carbocycles. The average molecular weight is 291 g/mol. The van der Waals surface area contributed by atoms with Crippen LogP contribution in [0.5, 0.6) is 11.5 Å². The fraction of sp³-hybridized carbons (Fsp3) is 0.133. The second-order valence-electron chi connectivity index (χ2n) is 4.36. The molecule has 5 nitrogen and oxygen atoms in total. The van der Waals surface area contributed by atoms with E-state index in [0.717, 1.165) is 11.6 Å². The molecule has 0 aliphatic heterocycles. The van der Waals surface area contributed by atoms with Crippen LogP contribution in [0.2, 0.25) is 0 Å². The minimum atomic E-state index is -1.36. The number of hydrogen-bond acceptors (Lipinski definition) is 4. The Bertz CT molecular complexity index is 655. The third-order valence-corrected chi connectivity index (χ3v) is 2.92. The van der Waals surface area contributed by atoms with Gasteiger partial charge in [-0.1, -0.05) is 12.1 Å². The van der Waals surface area contributed by atoms with Crippen molar-refractivity contribution in [1.29, 1.82) is 0 Å². The molecule has 0 aliphatic carbocycles. The summed E-state index contributed by atoms with van der Waals surface area (Å²) in [7, 11) is 0. The number of aliphatic hydroxyl groups is 1. The van der Waals surface area contributed by atoms with E-state index in [1.807, 2.05) is 0 Å². The molecule has 2 rings (SSSR count). The summed E-state index contributed by atoms with van der Waals surface area (Å²) in [6.45, 7) is 0.0395. The molecule has 0 saturated carbocycles. The normalized spacial score (nSPS) is 10.4. The molecule has 0 bridgehead atoms. The number of ether oxygens (including phenoxy) is 1. The number of halogens is 1. The van der Waals surface area contributed by atoms with Crippen LogP contribution in [0.25, 0.3) is 0 Å². The standard InChI is InChI=1S/C15H14FNO4/c16-11-5-6-12(13(14(11)17)15(19)20)21-10-3-1-9(2-4-10)7-8-18/h1-6,18H,7-8,17H2,(H,19,20). The van der Waals surface area contributed by atoms with E-state index in [2.05, 4.69) is 0 Å². The number of aliphatic hydroxyl groups excluding tert-OH is 1. The van der Waals surface area contributed by atoms with Crippen LogP contribution in [0, 0.1) is 5.82 Å². The molecule has 0 amide bonds. The molecule has 0 unspecified atom stereocenters. The van der Waals surface area contributed by atoms with Crippen LogP contribution in [-0.2, 0) is 6.42 Å². The Morgan fingerprint density at radius 2 is 1.86 bits per heavy atom. The quantitative estimate of drug-likeness (QED) is 0.736. The number of carboxylic acids is 1. The molecule has 0 aromatic heterocycles. The van der Waals surface area contributed by atoms with Gasteiger partial charge in [0, 0.05) is 6.61 Å². The molecule has 4 N–H and O–H groups in total. The highest BCUT2D eigenvalue weighted by Gasteiger charge is 2.19. The fourth-order valence-electron chi connectivity index (χ4n) is 1.86.